The van der Waals surface area contributed by atoms with Gasteiger partial charge >= 0.3 is 103 Å². The second-order valence-electron chi connectivity index (χ2n) is 13.5. The van der Waals surface area contributed by atoms with Crippen LogP contribution in [0.25, 0.3) is 0 Å². The van der Waals surface area contributed by atoms with Crippen LogP contribution in [0.1, 0.15) is 20.8 Å². The Kier molecular flexibility index (Phi) is 19.1. The Labute approximate surface area is 372 Å². The molecular weight excluding hydrogens is 1100 g/mol. The highest BCUT2D eigenvalue weighted by Crippen LogP contribution is 2.61. The molecule has 416 valence electrons. The van der Waals surface area contributed by atoms with Crippen molar-refractivity contribution in [3.63, 3.8) is 0 Å². The molecule has 0 saturated carbocycles. The van der Waals surface area contributed by atoms with E-state index >= 15 is 8.78 Å². The van der Waals surface area contributed by atoms with Gasteiger partial charge in [0.15, 0.2) is 0 Å². The number of carbonyl (C=O) groups excluding carboxylic acids is 4. The Bertz CT molecular complexity index is 1910. The Morgan fingerprint density at radius 3 is 1.06 bits per heavy atom. The van der Waals surface area contributed by atoms with Crippen LogP contribution in [0, 0.1) is 0 Å². The molecule has 0 radical (unpaired) electrons. The monoisotopic (exact) mass is 1120 g/mol. The first-order valence-electron chi connectivity index (χ1n) is 16.7. The first-order chi connectivity index (χ1) is 30.9. The minimum atomic E-state index is -9.27. The van der Waals surface area contributed by atoms with Crippen molar-refractivity contribution in [2.24, 2.45) is 0 Å². The van der Waals surface area contributed by atoms with Crippen LogP contribution in [0.3, 0.4) is 0 Å². The second-order valence-corrected chi connectivity index (χ2v) is 13.5. The Morgan fingerprint density at radius 2 is 0.775 bits per heavy atom. The number of halogens is 28. The maximum atomic E-state index is 15.1. The molecule has 6 unspecified atom stereocenters. The molecule has 1 amide bonds. The normalized spacial score (nSPS) is 18.7. The number of nitrogens with one attached hydrogen (secondary N) is 1. The molecule has 0 heterocycles. The molecular formula is C30H23F28NO12. The molecule has 0 aliphatic rings. The van der Waals surface area contributed by atoms with Crippen LogP contribution in [0.4, 0.5) is 128 Å². The van der Waals surface area contributed by atoms with Crippen molar-refractivity contribution >= 4 is 24.0 Å². The summed E-state index contributed by atoms with van der Waals surface area (Å²) in [5.41, 5.74) is -9.10. The molecule has 0 aromatic rings. The van der Waals surface area contributed by atoms with Crippen molar-refractivity contribution in [1.82, 2.24) is 5.32 Å². The maximum Gasteiger partial charge on any atom is 0.460 e. The molecule has 0 aliphatic heterocycles. The van der Waals surface area contributed by atoms with Gasteiger partial charge in [0, 0.05) is 12.2 Å². The van der Waals surface area contributed by atoms with E-state index in [2.05, 4.69) is 32.1 Å². The van der Waals surface area contributed by atoms with Crippen molar-refractivity contribution in [1.29, 1.82) is 0 Å². The lowest BCUT2D eigenvalue weighted by molar-refractivity contribution is -0.590. The molecule has 0 aromatic heterocycles. The summed E-state index contributed by atoms with van der Waals surface area (Å²) in [6.07, 6.45) is -80.5. The summed E-state index contributed by atoms with van der Waals surface area (Å²) in [6, 6.07) is 0. The summed E-state index contributed by atoms with van der Waals surface area (Å²) in [6.45, 7) is 1.35. The largest absolute Gasteiger partial charge is 0.460 e. The van der Waals surface area contributed by atoms with Crippen molar-refractivity contribution in [2.45, 2.75) is 117 Å². The Hall–Kier alpha value is -4.96. The van der Waals surface area contributed by atoms with Crippen LogP contribution < -0.4 is 5.32 Å². The van der Waals surface area contributed by atoms with Gasteiger partial charge < -0.3 is 24.3 Å². The van der Waals surface area contributed by atoms with E-state index in [9.17, 15) is 133 Å². The van der Waals surface area contributed by atoms with Gasteiger partial charge in [0.05, 0.1) is 0 Å². The fraction of sp³-hybridized carbons (Fsp3) is 0.733. The summed E-state index contributed by atoms with van der Waals surface area (Å²) in [4.78, 5) is 47.1. The minimum Gasteiger partial charge on any atom is -0.460 e. The minimum absolute atomic E-state index is 0.104. The van der Waals surface area contributed by atoms with E-state index in [4.69, 9.17) is 0 Å². The lowest BCUT2D eigenvalue weighted by atomic mass is 10.1. The number of ether oxygens (including phenoxy) is 8. The standard InChI is InChI=1S/C30H23F28NO12/c1-6-12(60)65-9-16(4,10-66-13(61)7-2)59-15(63)64-8-11(3)67-14(62)18(32,23(39,40)41)68-28(53,54)19(33,24(42,43)44)70-30(57,58)21(35,26(48,49)50)71-29(55,56)20(34,25(45,46)47)69-27(51,52)17(5,31)22(36,37)38/h6-7,11H,1-2,8-10H2,3-5H3,(H,59,63). The third kappa shape index (κ3) is 14.0. The molecule has 0 aromatic carbocycles. The van der Waals surface area contributed by atoms with Crippen molar-refractivity contribution < 1.29 is 180 Å². The van der Waals surface area contributed by atoms with Gasteiger partial charge in [-0.15, -0.1) is 0 Å². The number of carbonyl (C=O) groups is 4. The Morgan fingerprint density at radius 1 is 0.465 bits per heavy atom. The van der Waals surface area contributed by atoms with Crippen LogP contribution >= 0.6 is 0 Å². The molecule has 71 heavy (non-hydrogen) atoms. The highest BCUT2D eigenvalue weighted by atomic mass is 19.4. The van der Waals surface area contributed by atoms with Crippen LogP contribution in [0.5, 0.6) is 0 Å². The van der Waals surface area contributed by atoms with E-state index in [1.165, 1.54) is 4.74 Å². The van der Waals surface area contributed by atoms with Gasteiger partial charge in [-0.05, 0) is 20.8 Å². The summed E-state index contributed by atoms with van der Waals surface area (Å²) >= 11 is 0. The lowest BCUT2D eigenvalue weighted by Crippen LogP contribution is -2.72. The van der Waals surface area contributed by atoms with Gasteiger partial charge in [-0.1, -0.05) is 13.2 Å². The zero-order chi connectivity index (χ0) is 57.3. The van der Waals surface area contributed by atoms with E-state index < -0.39 is 147 Å². The maximum absolute atomic E-state index is 15.1. The molecule has 1 N–H and O–H groups in total. The zero-order valence-corrected chi connectivity index (χ0v) is 33.7. The van der Waals surface area contributed by atoms with Gasteiger partial charge in [-0.2, -0.15) is 119 Å². The Balaban J connectivity index is 7.28. The number of rotatable bonds is 23. The summed E-state index contributed by atoms with van der Waals surface area (Å²) in [5, 5.41) is 1.73. The fourth-order valence-corrected chi connectivity index (χ4v) is 3.69. The highest BCUT2D eigenvalue weighted by molar-refractivity contribution is 5.82. The first kappa shape index (κ1) is 66.0. The molecule has 0 spiro atoms. The predicted molar refractivity (Wildman–Crippen MR) is 160 cm³/mol. The van der Waals surface area contributed by atoms with Crippen LogP contribution in [0.15, 0.2) is 25.3 Å². The van der Waals surface area contributed by atoms with Crippen molar-refractivity contribution in [3.8, 4) is 0 Å². The van der Waals surface area contributed by atoms with E-state index in [0.717, 1.165) is 16.4 Å². The van der Waals surface area contributed by atoms with E-state index in [-0.39, 0.29) is 6.92 Å². The van der Waals surface area contributed by atoms with E-state index in [0.29, 0.717) is 12.2 Å². The average molecular weight is 1120 g/mol. The van der Waals surface area contributed by atoms with Crippen molar-refractivity contribution in [3.05, 3.63) is 25.3 Å². The van der Waals surface area contributed by atoms with Gasteiger partial charge in [-0.25, -0.2) is 23.6 Å². The van der Waals surface area contributed by atoms with Gasteiger partial charge in [-0.3, -0.25) is 18.9 Å². The molecule has 0 fully saturated rings. The fourth-order valence-electron chi connectivity index (χ4n) is 3.69. The number of amides is 1. The smallest absolute Gasteiger partial charge is 0.460 e. The molecule has 6 atom stereocenters. The molecule has 41 heteroatoms. The number of hydrogen-bond acceptors (Lipinski definition) is 12. The predicted octanol–water partition coefficient (Wildman–Crippen LogP) is 9.50. The van der Waals surface area contributed by atoms with Crippen LogP contribution in [-0.2, 0) is 52.3 Å². The quantitative estimate of drug-likeness (QED) is 0.0449. The lowest BCUT2D eigenvalue weighted by Gasteiger charge is -2.44. The summed E-state index contributed by atoms with van der Waals surface area (Å²) < 4.78 is 411. The number of alkyl carbamates (subject to hydrolysis) is 1. The summed E-state index contributed by atoms with van der Waals surface area (Å²) in [5.74, 6) is -41.6. The second kappa shape index (κ2) is 20.5. The van der Waals surface area contributed by atoms with Gasteiger partial charge in [0.2, 0.25) is 0 Å². The molecule has 0 bridgehead atoms. The van der Waals surface area contributed by atoms with Gasteiger partial charge in [0.25, 0.3) is 5.67 Å². The third-order valence-corrected chi connectivity index (χ3v) is 7.56. The summed E-state index contributed by atoms with van der Waals surface area (Å²) in [7, 11) is 0. The van der Waals surface area contributed by atoms with Crippen LogP contribution in [-0.4, -0.2) is 140 Å². The molecule has 0 saturated heterocycles. The van der Waals surface area contributed by atoms with E-state index in [1.807, 2.05) is 0 Å². The topological polar surface area (TPSA) is 154 Å². The number of hydrogen-bond donors (Lipinski definition) is 1. The molecule has 13 nitrogen and oxygen atoms in total. The van der Waals surface area contributed by atoms with E-state index in [1.54, 1.807) is 10.1 Å². The average Bonchev–Trinajstić information content (AvgIpc) is 3.14. The van der Waals surface area contributed by atoms with Crippen molar-refractivity contribution in [2.75, 3.05) is 19.8 Å². The highest BCUT2D eigenvalue weighted by Gasteiger charge is 2.90. The van der Waals surface area contributed by atoms with Crippen LogP contribution in [0.2, 0.25) is 0 Å². The number of esters is 3. The first-order valence-corrected chi connectivity index (χ1v) is 16.7. The SMILES string of the molecule is C=CC(=O)OCC(C)(COC(=O)C=C)NC(=O)OCC(C)OC(=O)C(F)(OC(F)(F)C(F)(OC(F)(F)C(F)(OC(F)(F)C(F)(OC(F)(F)C(C)(F)C(F)(F)F)C(F)(F)F)C(F)(F)F)C(F)(F)F)C(F)(F)F. The zero-order valence-electron chi connectivity index (χ0n) is 33.7. The number of alkyl halides is 28. The van der Waals surface area contributed by atoms with Gasteiger partial charge in [0.1, 0.15) is 31.5 Å². The third-order valence-electron chi connectivity index (χ3n) is 7.56. The molecule has 0 rings (SSSR count). The molecule has 0 aliphatic carbocycles.